The molecule has 0 amide bonds. The van der Waals surface area contributed by atoms with Crippen molar-refractivity contribution in [3.63, 3.8) is 0 Å². The van der Waals surface area contributed by atoms with Crippen LogP contribution in [0.4, 0.5) is 0 Å². The fourth-order valence-electron chi connectivity index (χ4n) is 2.22. The van der Waals surface area contributed by atoms with Gasteiger partial charge in [-0.3, -0.25) is 9.11 Å². The molecule has 1 N–H and O–H groups in total. The van der Waals surface area contributed by atoms with Crippen LogP contribution in [-0.2, 0) is 17.3 Å². The molecule has 3 nitrogen and oxygen atoms in total. The highest BCUT2D eigenvalue weighted by Gasteiger charge is 2.16. The number of hydrogen-bond donors (Lipinski definition) is 1. The molecule has 0 aliphatic heterocycles. The Kier molecular flexibility index (Phi) is 6.86. The second-order valence-corrected chi connectivity index (χ2v) is 7.83. The zero-order valence-corrected chi connectivity index (χ0v) is 13.9. The molecule has 1 unspecified atom stereocenters. The number of aliphatic hydroxyl groups is 1. The predicted molar refractivity (Wildman–Crippen MR) is 85.2 cm³/mol. The van der Waals surface area contributed by atoms with Crippen molar-refractivity contribution in [1.29, 1.82) is 0 Å². The van der Waals surface area contributed by atoms with E-state index >= 15 is 0 Å². The summed E-state index contributed by atoms with van der Waals surface area (Å²) in [7, 11) is -0.917. The van der Waals surface area contributed by atoms with E-state index in [0.29, 0.717) is 0 Å². The molecule has 20 heavy (non-hydrogen) atoms. The van der Waals surface area contributed by atoms with Crippen LogP contribution in [0, 0.1) is 5.41 Å². The Labute approximate surface area is 125 Å². The van der Waals surface area contributed by atoms with Crippen LogP contribution in [0.15, 0.2) is 29.2 Å². The van der Waals surface area contributed by atoms with Crippen molar-refractivity contribution in [3.8, 4) is 0 Å². The summed E-state index contributed by atoms with van der Waals surface area (Å²) in [4.78, 5) is 3.24. The highest BCUT2D eigenvalue weighted by Crippen LogP contribution is 2.18. The van der Waals surface area contributed by atoms with Gasteiger partial charge < -0.3 is 5.11 Å². The zero-order valence-electron chi connectivity index (χ0n) is 13.1. The Hall–Kier alpha value is -0.710. The molecule has 1 rings (SSSR count). The quantitative estimate of drug-likeness (QED) is 0.841. The van der Waals surface area contributed by atoms with E-state index in [1.54, 1.807) is 6.26 Å². The third-order valence-electron chi connectivity index (χ3n) is 2.99. The van der Waals surface area contributed by atoms with Crippen molar-refractivity contribution < 1.29 is 9.32 Å². The normalized spacial score (nSPS) is 13.7. The molecule has 0 fully saturated rings. The topological polar surface area (TPSA) is 40.5 Å². The van der Waals surface area contributed by atoms with Gasteiger partial charge in [-0.25, -0.2) is 0 Å². The number of hydrogen-bond acceptors (Lipinski definition) is 3. The lowest BCUT2D eigenvalue weighted by Gasteiger charge is -2.30. The van der Waals surface area contributed by atoms with E-state index in [0.717, 1.165) is 31.0 Å². The molecule has 0 saturated carbocycles. The van der Waals surface area contributed by atoms with Gasteiger partial charge in [0, 0.05) is 48.2 Å². The molecule has 0 radical (unpaired) electrons. The lowest BCUT2D eigenvalue weighted by Crippen LogP contribution is -2.33. The van der Waals surface area contributed by atoms with E-state index in [9.17, 15) is 4.21 Å². The molecular formula is C16H27NO2S. The van der Waals surface area contributed by atoms with Crippen LogP contribution in [0.1, 0.15) is 32.8 Å². The summed E-state index contributed by atoms with van der Waals surface area (Å²) >= 11 is 0. The van der Waals surface area contributed by atoms with Gasteiger partial charge in [0.2, 0.25) is 0 Å². The molecule has 114 valence electrons. The molecule has 1 atom stereocenters. The first kappa shape index (κ1) is 17.3. The van der Waals surface area contributed by atoms with Crippen LogP contribution in [0.5, 0.6) is 0 Å². The first-order chi connectivity index (χ1) is 9.31. The van der Waals surface area contributed by atoms with Crippen molar-refractivity contribution in [2.45, 2.75) is 38.6 Å². The van der Waals surface area contributed by atoms with Crippen molar-refractivity contribution >= 4 is 10.8 Å². The smallest absolute Gasteiger partial charge is 0.0498 e. The third-order valence-corrected chi connectivity index (χ3v) is 3.93. The van der Waals surface area contributed by atoms with Crippen LogP contribution in [0.25, 0.3) is 0 Å². The second kappa shape index (κ2) is 7.91. The van der Waals surface area contributed by atoms with Crippen LogP contribution in [-0.4, -0.2) is 40.2 Å². The first-order valence-electron chi connectivity index (χ1n) is 7.07. The fourth-order valence-corrected chi connectivity index (χ4v) is 2.74. The van der Waals surface area contributed by atoms with Gasteiger partial charge in [0.05, 0.1) is 0 Å². The van der Waals surface area contributed by atoms with Crippen molar-refractivity contribution in [1.82, 2.24) is 4.90 Å². The SMILES string of the molecule is CS(=O)c1ccc(CN(CCCO)CC(C)(C)C)cc1. The minimum Gasteiger partial charge on any atom is -0.396 e. The Morgan fingerprint density at radius 3 is 2.25 bits per heavy atom. The summed E-state index contributed by atoms with van der Waals surface area (Å²) in [5.74, 6) is 0. The van der Waals surface area contributed by atoms with Gasteiger partial charge in [0.25, 0.3) is 0 Å². The minimum atomic E-state index is -0.917. The standard InChI is InChI=1S/C16H27NO2S/c1-16(2,3)13-17(10-5-11-18)12-14-6-8-15(9-7-14)20(4)19/h6-9,18H,5,10-13H2,1-4H3. The van der Waals surface area contributed by atoms with Crippen LogP contribution in [0.2, 0.25) is 0 Å². The van der Waals surface area contributed by atoms with Crippen molar-refractivity contribution in [2.24, 2.45) is 5.41 Å². The molecule has 0 heterocycles. The van der Waals surface area contributed by atoms with Crippen LogP contribution < -0.4 is 0 Å². The summed E-state index contributed by atoms with van der Waals surface area (Å²) in [6.07, 6.45) is 2.50. The lowest BCUT2D eigenvalue weighted by molar-refractivity contribution is 0.166. The van der Waals surface area contributed by atoms with Gasteiger partial charge in [0.1, 0.15) is 0 Å². The molecule has 0 saturated heterocycles. The maximum Gasteiger partial charge on any atom is 0.0498 e. The van der Waals surface area contributed by atoms with E-state index in [4.69, 9.17) is 5.11 Å². The molecule has 4 heteroatoms. The van der Waals surface area contributed by atoms with E-state index in [-0.39, 0.29) is 12.0 Å². The number of benzene rings is 1. The van der Waals surface area contributed by atoms with Crippen LogP contribution in [0.3, 0.4) is 0 Å². The first-order valence-corrected chi connectivity index (χ1v) is 8.63. The van der Waals surface area contributed by atoms with Gasteiger partial charge in [-0.1, -0.05) is 32.9 Å². The van der Waals surface area contributed by atoms with E-state index < -0.39 is 10.8 Å². The average molecular weight is 297 g/mol. The molecule has 0 aromatic heterocycles. The highest BCUT2D eigenvalue weighted by molar-refractivity contribution is 7.84. The molecule has 0 spiro atoms. The van der Waals surface area contributed by atoms with Crippen molar-refractivity contribution in [3.05, 3.63) is 29.8 Å². The maximum atomic E-state index is 11.4. The van der Waals surface area contributed by atoms with Gasteiger partial charge in [0.15, 0.2) is 0 Å². The summed E-state index contributed by atoms with van der Waals surface area (Å²) in [6.45, 7) is 9.67. The zero-order chi connectivity index (χ0) is 15.2. The molecule has 0 bridgehead atoms. The van der Waals surface area contributed by atoms with E-state index in [2.05, 4.69) is 25.7 Å². The lowest BCUT2D eigenvalue weighted by atomic mass is 9.95. The summed E-state index contributed by atoms with van der Waals surface area (Å²) in [5, 5.41) is 9.02. The Morgan fingerprint density at radius 2 is 1.80 bits per heavy atom. The van der Waals surface area contributed by atoms with Gasteiger partial charge in [-0.2, -0.15) is 0 Å². The highest BCUT2D eigenvalue weighted by atomic mass is 32.2. The van der Waals surface area contributed by atoms with Gasteiger partial charge in [-0.15, -0.1) is 0 Å². The van der Waals surface area contributed by atoms with Gasteiger partial charge in [-0.05, 0) is 29.5 Å². The van der Waals surface area contributed by atoms with Crippen LogP contribution >= 0.6 is 0 Å². The third kappa shape index (κ3) is 6.64. The van der Waals surface area contributed by atoms with Crippen molar-refractivity contribution in [2.75, 3.05) is 26.0 Å². The predicted octanol–water partition coefficient (Wildman–Crippen LogP) is 2.65. The molecule has 1 aromatic rings. The molecule has 0 aliphatic carbocycles. The average Bonchev–Trinajstić information content (AvgIpc) is 2.35. The Bertz CT molecular complexity index is 423. The van der Waals surface area contributed by atoms with E-state index in [1.807, 2.05) is 24.3 Å². The fraction of sp³-hybridized carbons (Fsp3) is 0.625. The summed E-state index contributed by atoms with van der Waals surface area (Å²) in [5.41, 5.74) is 1.46. The largest absolute Gasteiger partial charge is 0.396 e. The molecular weight excluding hydrogens is 270 g/mol. The molecule has 1 aromatic carbocycles. The number of nitrogens with zero attached hydrogens (tertiary/aromatic N) is 1. The Morgan fingerprint density at radius 1 is 1.20 bits per heavy atom. The maximum absolute atomic E-state index is 11.4. The number of aliphatic hydroxyl groups excluding tert-OH is 1. The number of rotatable bonds is 7. The monoisotopic (exact) mass is 297 g/mol. The summed E-state index contributed by atoms with van der Waals surface area (Å²) in [6, 6.07) is 7.97. The van der Waals surface area contributed by atoms with E-state index in [1.165, 1.54) is 5.56 Å². The molecule has 0 aliphatic rings. The second-order valence-electron chi connectivity index (χ2n) is 6.45. The summed E-state index contributed by atoms with van der Waals surface area (Å²) < 4.78 is 11.4. The Balaban J connectivity index is 2.70. The minimum absolute atomic E-state index is 0.231. The van der Waals surface area contributed by atoms with Gasteiger partial charge >= 0.3 is 0 Å².